The number of rotatable bonds is 5. The van der Waals surface area contributed by atoms with Crippen molar-refractivity contribution in [1.82, 2.24) is 19.6 Å². The molecule has 0 unspecified atom stereocenters. The van der Waals surface area contributed by atoms with Crippen LogP contribution in [0.5, 0.6) is 0 Å². The van der Waals surface area contributed by atoms with Crippen LogP contribution in [-0.2, 0) is 16.6 Å². The van der Waals surface area contributed by atoms with E-state index in [0.29, 0.717) is 18.4 Å². The van der Waals surface area contributed by atoms with Crippen molar-refractivity contribution in [3.05, 3.63) is 54.2 Å². The summed E-state index contributed by atoms with van der Waals surface area (Å²) in [5.41, 5.74) is 3.84. The standard InChI is InChI=1S/C29H31N5O2/c1-32-25-11-10-23(15-24(25)16-30-32)20-4-6-21(7-5-20)26-31-29(12-13-29)28(36)34(26)18-19-3-2-14-33(17-19)27(35)22-8-9-22/h4-7,10-11,15-16,19,22H,2-3,8-9,12-14,17-18H2,1H3/t19-/m0/s1. The number of amidine groups is 1. The van der Waals surface area contributed by atoms with E-state index in [9.17, 15) is 9.59 Å². The van der Waals surface area contributed by atoms with E-state index in [-0.39, 0.29) is 11.8 Å². The molecule has 1 spiro atoms. The first kappa shape index (κ1) is 21.8. The summed E-state index contributed by atoms with van der Waals surface area (Å²) in [7, 11) is 1.95. The Kier molecular flexibility index (Phi) is 4.85. The van der Waals surface area contributed by atoms with Crippen molar-refractivity contribution in [2.75, 3.05) is 19.6 Å². The normalized spacial score (nSPS) is 23.0. The molecule has 0 bridgehead atoms. The first-order valence-electron chi connectivity index (χ1n) is 13.2. The predicted molar refractivity (Wildman–Crippen MR) is 138 cm³/mol. The van der Waals surface area contributed by atoms with Crippen molar-refractivity contribution in [3.8, 4) is 11.1 Å². The SMILES string of the molecule is Cn1ncc2cc(-c3ccc(C4=NC5(CC5)C(=O)N4C[C@H]4CCCN(C(=O)C5CC5)C4)cc3)ccc21. The van der Waals surface area contributed by atoms with E-state index in [1.807, 2.05) is 27.7 Å². The fraction of sp³-hybridized carbons (Fsp3) is 0.448. The summed E-state index contributed by atoms with van der Waals surface area (Å²) in [6.07, 6.45) is 7.71. The van der Waals surface area contributed by atoms with Gasteiger partial charge in [0, 0.05) is 43.5 Å². The molecule has 0 radical (unpaired) electrons. The quantitative estimate of drug-likeness (QED) is 0.553. The van der Waals surface area contributed by atoms with Crippen LogP contribution in [0.1, 0.15) is 44.1 Å². The number of piperidine rings is 1. The van der Waals surface area contributed by atoms with Gasteiger partial charge in [0.1, 0.15) is 11.4 Å². The summed E-state index contributed by atoms with van der Waals surface area (Å²) in [6.45, 7) is 2.26. The molecule has 7 rings (SSSR count). The lowest BCUT2D eigenvalue weighted by atomic mass is 9.96. The molecule has 3 fully saturated rings. The fourth-order valence-electron chi connectivity index (χ4n) is 5.91. The first-order valence-corrected chi connectivity index (χ1v) is 13.2. The van der Waals surface area contributed by atoms with Gasteiger partial charge in [-0.2, -0.15) is 5.10 Å². The Morgan fingerprint density at radius 1 is 1.03 bits per heavy atom. The molecule has 3 aromatic rings. The van der Waals surface area contributed by atoms with Crippen molar-refractivity contribution < 1.29 is 9.59 Å². The molecule has 2 aliphatic heterocycles. The highest BCUT2D eigenvalue weighted by Crippen LogP contribution is 2.46. The summed E-state index contributed by atoms with van der Waals surface area (Å²) in [4.78, 5) is 35.0. The molecule has 2 aromatic carbocycles. The lowest BCUT2D eigenvalue weighted by Gasteiger charge is -2.35. The Bertz CT molecular complexity index is 1400. The highest BCUT2D eigenvalue weighted by Gasteiger charge is 2.57. The second kappa shape index (κ2) is 8.02. The minimum Gasteiger partial charge on any atom is -0.342 e. The molecular weight excluding hydrogens is 450 g/mol. The van der Waals surface area contributed by atoms with Gasteiger partial charge in [0.25, 0.3) is 5.91 Å². The topological polar surface area (TPSA) is 70.8 Å². The van der Waals surface area contributed by atoms with Crippen molar-refractivity contribution >= 4 is 28.6 Å². The minimum atomic E-state index is -0.530. The third-order valence-corrected chi connectivity index (χ3v) is 8.36. The largest absolute Gasteiger partial charge is 0.342 e. The van der Waals surface area contributed by atoms with Crippen molar-refractivity contribution in [2.45, 2.75) is 44.1 Å². The Morgan fingerprint density at radius 3 is 2.53 bits per heavy atom. The van der Waals surface area contributed by atoms with Gasteiger partial charge in [-0.1, -0.05) is 30.3 Å². The molecule has 184 valence electrons. The van der Waals surface area contributed by atoms with Crippen LogP contribution in [-0.4, -0.2) is 62.4 Å². The van der Waals surface area contributed by atoms with Crippen molar-refractivity contribution in [1.29, 1.82) is 0 Å². The van der Waals surface area contributed by atoms with E-state index in [2.05, 4.69) is 47.6 Å². The number of carbonyl (C=O) groups is 2. The van der Waals surface area contributed by atoms with Crippen molar-refractivity contribution in [3.63, 3.8) is 0 Å². The smallest absolute Gasteiger partial charge is 0.256 e. The molecule has 2 amide bonds. The van der Waals surface area contributed by atoms with Crippen LogP contribution in [0.15, 0.2) is 53.7 Å². The van der Waals surface area contributed by atoms with E-state index < -0.39 is 5.54 Å². The number of likely N-dealkylation sites (tertiary alicyclic amines) is 1. The number of fused-ring (bicyclic) bond motifs is 1. The molecule has 2 aliphatic carbocycles. The van der Waals surface area contributed by atoms with Crippen LogP contribution in [0.4, 0.5) is 0 Å². The third-order valence-electron chi connectivity index (χ3n) is 8.36. The molecular formula is C29H31N5O2. The Morgan fingerprint density at radius 2 is 1.78 bits per heavy atom. The van der Waals surface area contributed by atoms with E-state index in [0.717, 1.165) is 85.0 Å². The van der Waals surface area contributed by atoms with E-state index in [1.165, 1.54) is 0 Å². The molecule has 1 atom stereocenters. The number of aryl methyl sites for hydroxylation is 1. The Labute approximate surface area is 210 Å². The molecule has 3 heterocycles. The van der Waals surface area contributed by atoms with Gasteiger partial charge in [-0.15, -0.1) is 0 Å². The van der Waals surface area contributed by atoms with Gasteiger partial charge >= 0.3 is 0 Å². The number of aliphatic imine (C=N–C) groups is 1. The maximum absolute atomic E-state index is 13.4. The summed E-state index contributed by atoms with van der Waals surface area (Å²) < 4.78 is 1.88. The van der Waals surface area contributed by atoms with E-state index in [4.69, 9.17) is 4.99 Å². The fourth-order valence-corrected chi connectivity index (χ4v) is 5.91. The number of nitrogens with zero attached hydrogens (tertiary/aromatic N) is 5. The summed E-state index contributed by atoms with van der Waals surface area (Å²) >= 11 is 0. The first-order chi connectivity index (χ1) is 17.5. The molecule has 0 N–H and O–H groups in total. The highest BCUT2D eigenvalue weighted by atomic mass is 16.2. The second-order valence-electron chi connectivity index (χ2n) is 11.1. The van der Waals surface area contributed by atoms with Gasteiger partial charge in [-0.05, 0) is 67.7 Å². The monoisotopic (exact) mass is 481 g/mol. The van der Waals surface area contributed by atoms with Crippen LogP contribution in [0, 0.1) is 11.8 Å². The number of aromatic nitrogens is 2. The molecule has 1 aromatic heterocycles. The Hall–Kier alpha value is -3.48. The lowest BCUT2D eigenvalue weighted by molar-refractivity contribution is -0.134. The predicted octanol–water partition coefficient (Wildman–Crippen LogP) is 4.01. The zero-order valence-corrected chi connectivity index (χ0v) is 20.7. The van der Waals surface area contributed by atoms with Gasteiger partial charge in [0.15, 0.2) is 0 Å². The zero-order chi connectivity index (χ0) is 24.4. The van der Waals surface area contributed by atoms with Gasteiger partial charge < -0.3 is 4.90 Å². The molecule has 1 saturated heterocycles. The molecule has 2 saturated carbocycles. The average molecular weight is 482 g/mol. The maximum atomic E-state index is 13.4. The van der Waals surface area contributed by atoms with Crippen LogP contribution in [0.25, 0.3) is 22.0 Å². The van der Waals surface area contributed by atoms with Crippen LogP contribution >= 0.6 is 0 Å². The lowest BCUT2D eigenvalue weighted by Crippen LogP contribution is -2.46. The average Bonchev–Trinajstić information content (AvgIpc) is 3.84. The number of benzene rings is 2. The number of carbonyl (C=O) groups excluding carboxylic acids is 2. The van der Waals surface area contributed by atoms with Crippen molar-refractivity contribution in [2.24, 2.45) is 23.9 Å². The van der Waals surface area contributed by atoms with Gasteiger partial charge in [0.05, 0.1) is 11.7 Å². The summed E-state index contributed by atoms with van der Waals surface area (Å²) in [5, 5.41) is 5.47. The summed E-state index contributed by atoms with van der Waals surface area (Å²) in [5.74, 6) is 1.82. The molecule has 36 heavy (non-hydrogen) atoms. The minimum absolute atomic E-state index is 0.147. The number of hydrogen-bond acceptors (Lipinski definition) is 4. The second-order valence-corrected chi connectivity index (χ2v) is 11.1. The van der Waals surface area contributed by atoms with E-state index in [1.54, 1.807) is 0 Å². The van der Waals surface area contributed by atoms with Gasteiger partial charge in [-0.25, -0.2) is 0 Å². The van der Waals surface area contributed by atoms with E-state index >= 15 is 0 Å². The molecule has 7 nitrogen and oxygen atoms in total. The number of amides is 2. The van der Waals surface area contributed by atoms with Crippen LogP contribution < -0.4 is 0 Å². The molecule has 4 aliphatic rings. The Balaban J connectivity index is 1.12. The zero-order valence-electron chi connectivity index (χ0n) is 20.7. The van der Waals surface area contributed by atoms with Gasteiger partial charge in [-0.3, -0.25) is 24.2 Å². The molecule has 7 heteroatoms. The maximum Gasteiger partial charge on any atom is 0.256 e. The third kappa shape index (κ3) is 3.64. The number of hydrogen-bond donors (Lipinski definition) is 0. The highest BCUT2D eigenvalue weighted by molar-refractivity contribution is 6.16. The van der Waals surface area contributed by atoms with Gasteiger partial charge in [0.2, 0.25) is 5.91 Å². The summed E-state index contributed by atoms with van der Waals surface area (Å²) in [6, 6.07) is 14.8. The van der Waals surface area contributed by atoms with Crippen LogP contribution in [0.3, 0.4) is 0 Å². The van der Waals surface area contributed by atoms with Crippen LogP contribution in [0.2, 0.25) is 0 Å².